The lowest BCUT2D eigenvalue weighted by Gasteiger charge is -1.97. The van der Waals surface area contributed by atoms with Crippen molar-refractivity contribution in [1.82, 2.24) is 0 Å². The summed E-state index contributed by atoms with van der Waals surface area (Å²) in [7, 11) is 0. The molecule has 0 aliphatic heterocycles. The first kappa shape index (κ1) is 13.1. The van der Waals surface area contributed by atoms with E-state index in [0.717, 1.165) is 0 Å². The minimum atomic E-state index is -0.541. The van der Waals surface area contributed by atoms with Gasteiger partial charge in [-0.15, -0.1) is 0 Å². The number of esters is 1. The van der Waals surface area contributed by atoms with Gasteiger partial charge in [0.25, 0.3) is 0 Å². The molecule has 0 bridgehead atoms. The van der Waals surface area contributed by atoms with E-state index in [2.05, 4.69) is 4.74 Å². The lowest BCUT2D eigenvalue weighted by molar-refractivity contribution is -0.144. The van der Waals surface area contributed by atoms with Gasteiger partial charge in [-0.1, -0.05) is 18.2 Å². The van der Waals surface area contributed by atoms with Gasteiger partial charge < -0.3 is 4.74 Å². The Morgan fingerprint density at radius 3 is 2.53 bits per heavy atom. The molecule has 0 amide bonds. The van der Waals surface area contributed by atoms with Crippen LogP contribution < -0.4 is 0 Å². The molecule has 0 spiro atoms. The van der Waals surface area contributed by atoms with Gasteiger partial charge in [-0.25, -0.2) is 4.39 Å². The quantitative estimate of drug-likeness (QED) is 0.448. The maximum Gasteiger partial charge on any atom is 0.313 e. The Hall–Kier alpha value is -1.97. The molecule has 0 aliphatic carbocycles. The standard InChI is InChI=1S/C13H13FO3/c1-2-17-13(16)9-12(15)8-5-10-3-6-11(14)7-4-10/h3-8H,2,9H2,1H3/b8-5+. The predicted molar refractivity (Wildman–Crippen MR) is 61.7 cm³/mol. The van der Waals surface area contributed by atoms with Gasteiger partial charge in [0.15, 0.2) is 5.78 Å². The summed E-state index contributed by atoms with van der Waals surface area (Å²) in [5, 5.41) is 0. The van der Waals surface area contributed by atoms with Crippen molar-refractivity contribution in [3.8, 4) is 0 Å². The first-order valence-corrected chi connectivity index (χ1v) is 5.24. The summed E-state index contributed by atoms with van der Waals surface area (Å²) in [6.45, 7) is 1.94. The van der Waals surface area contributed by atoms with Crippen molar-refractivity contribution in [3.05, 3.63) is 41.7 Å². The van der Waals surface area contributed by atoms with Crippen LogP contribution in [0, 0.1) is 5.82 Å². The molecule has 1 rings (SSSR count). The largest absolute Gasteiger partial charge is 0.466 e. The molecular weight excluding hydrogens is 223 g/mol. The van der Waals surface area contributed by atoms with E-state index in [-0.39, 0.29) is 24.6 Å². The molecule has 0 radical (unpaired) electrons. The van der Waals surface area contributed by atoms with Gasteiger partial charge in [-0.3, -0.25) is 9.59 Å². The van der Waals surface area contributed by atoms with E-state index >= 15 is 0 Å². The first-order valence-electron chi connectivity index (χ1n) is 5.24. The predicted octanol–water partition coefficient (Wildman–Crippen LogP) is 2.36. The highest BCUT2D eigenvalue weighted by molar-refractivity contribution is 6.03. The monoisotopic (exact) mass is 236 g/mol. The van der Waals surface area contributed by atoms with Gasteiger partial charge in [0.1, 0.15) is 12.2 Å². The van der Waals surface area contributed by atoms with Crippen molar-refractivity contribution in [1.29, 1.82) is 0 Å². The van der Waals surface area contributed by atoms with Crippen LogP contribution in [0.5, 0.6) is 0 Å². The number of ether oxygens (including phenoxy) is 1. The Morgan fingerprint density at radius 2 is 1.94 bits per heavy atom. The minimum absolute atomic E-state index is 0.258. The normalized spacial score (nSPS) is 10.5. The van der Waals surface area contributed by atoms with Crippen LogP contribution in [0.3, 0.4) is 0 Å². The molecule has 0 heterocycles. The number of carbonyl (C=O) groups excluding carboxylic acids is 2. The highest BCUT2D eigenvalue weighted by Gasteiger charge is 2.06. The molecule has 0 saturated heterocycles. The SMILES string of the molecule is CCOC(=O)CC(=O)/C=C/c1ccc(F)cc1. The summed E-state index contributed by atoms with van der Waals surface area (Å²) in [6, 6.07) is 5.69. The van der Waals surface area contributed by atoms with Crippen LogP contribution in [0.25, 0.3) is 6.08 Å². The van der Waals surface area contributed by atoms with Crippen LogP contribution >= 0.6 is 0 Å². The zero-order chi connectivity index (χ0) is 12.7. The topological polar surface area (TPSA) is 43.4 Å². The number of benzene rings is 1. The summed E-state index contributed by atoms with van der Waals surface area (Å²) in [5.74, 6) is -1.21. The maximum atomic E-state index is 12.6. The van der Waals surface area contributed by atoms with Crippen molar-refractivity contribution in [2.75, 3.05) is 6.61 Å². The summed E-state index contributed by atoms with van der Waals surface area (Å²) >= 11 is 0. The summed E-state index contributed by atoms with van der Waals surface area (Å²) in [5.41, 5.74) is 0.698. The van der Waals surface area contributed by atoms with Crippen LogP contribution in [-0.2, 0) is 14.3 Å². The van der Waals surface area contributed by atoms with Crippen LogP contribution in [0.4, 0.5) is 4.39 Å². The van der Waals surface area contributed by atoms with Gasteiger partial charge in [-0.05, 0) is 30.7 Å². The van der Waals surface area contributed by atoms with Gasteiger partial charge in [0, 0.05) is 0 Å². The molecule has 4 heteroatoms. The van der Waals surface area contributed by atoms with Crippen LogP contribution in [0.15, 0.2) is 30.3 Å². The highest BCUT2D eigenvalue weighted by Crippen LogP contribution is 2.05. The maximum absolute atomic E-state index is 12.6. The lowest BCUT2D eigenvalue weighted by atomic mass is 10.2. The van der Waals surface area contributed by atoms with Crippen molar-refractivity contribution < 1.29 is 18.7 Å². The van der Waals surface area contributed by atoms with Crippen molar-refractivity contribution in [2.45, 2.75) is 13.3 Å². The van der Waals surface area contributed by atoms with E-state index in [1.165, 1.54) is 24.3 Å². The minimum Gasteiger partial charge on any atom is -0.466 e. The van der Waals surface area contributed by atoms with Gasteiger partial charge in [0.05, 0.1) is 6.61 Å². The Morgan fingerprint density at radius 1 is 1.29 bits per heavy atom. The molecule has 0 unspecified atom stereocenters. The van der Waals surface area contributed by atoms with Crippen LogP contribution in [0.2, 0.25) is 0 Å². The van der Waals surface area contributed by atoms with Gasteiger partial charge in [-0.2, -0.15) is 0 Å². The second-order valence-corrected chi connectivity index (χ2v) is 3.33. The molecule has 0 aromatic heterocycles. The molecule has 0 saturated carbocycles. The number of rotatable bonds is 5. The average molecular weight is 236 g/mol. The average Bonchev–Trinajstić information content (AvgIpc) is 2.28. The third kappa shape index (κ3) is 5.06. The molecule has 17 heavy (non-hydrogen) atoms. The third-order valence-electron chi connectivity index (χ3n) is 1.96. The number of carbonyl (C=O) groups is 2. The summed E-state index contributed by atoms with van der Waals surface area (Å²) < 4.78 is 17.2. The molecule has 3 nitrogen and oxygen atoms in total. The van der Waals surface area contributed by atoms with Crippen molar-refractivity contribution >= 4 is 17.8 Å². The highest BCUT2D eigenvalue weighted by atomic mass is 19.1. The second-order valence-electron chi connectivity index (χ2n) is 3.33. The number of hydrogen-bond acceptors (Lipinski definition) is 3. The van der Waals surface area contributed by atoms with Crippen LogP contribution in [0.1, 0.15) is 18.9 Å². The summed E-state index contributed by atoms with van der Waals surface area (Å²) in [6.07, 6.45) is 2.54. The van der Waals surface area contributed by atoms with E-state index < -0.39 is 5.97 Å². The molecule has 90 valence electrons. The van der Waals surface area contributed by atoms with Crippen molar-refractivity contribution in [2.24, 2.45) is 0 Å². The molecule has 1 aromatic rings. The number of allylic oxidation sites excluding steroid dienone is 1. The second kappa shape index (κ2) is 6.58. The Bertz CT molecular complexity index is 421. The molecule has 0 fully saturated rings. The number of hydrogen-bond donors (Lipinski definition) is 0. The summed E-state index contributed by atoms with van der Waals surface area (Å²) in [4.78, 5) is 22.3. The smallest absolute Gasteiger partial charge is 0.313 e. The number of ketones is 1. The zero-order valence-electron chi connectivity index (χ0n) is 9.48. The lowest BCUT2D eigenvalue weighted by Crippen LogP contribution is -2.08. The van der Waals surface area contributed by atoms with Crippen LogP contribution in [-0.4, -0.2) is 18.4 Å². The zero-order valence-corrected chi connectivity index (χ0v) is 9.48. The Kier molecular flexibility index (Phi) is 5.07. The fourth-order valence-corrected chi connectivity index (χ4v) is 1.18. The third-order valence-corrected chi connectivity index (χ3v) is 1.96. The molecule has 1 aromatic carbocycles. The Labute approximate surface area is 98.9 Å². The first-order chi connectivity index (χ1) is 8.11. The van der Waals surface area contributed by atoms with E-state index in [0.29, 0.717) is 5.56 Å². The molecule has 0 atom stereocenters. The van der Waals surface area contributed by atoms with Gasteiger partial charge in [0.2, 0.25) is 0 Å². The molecule has 0 aliphatic rings. The molecular formula is C13H13FO3. The van der Waals surface area contributed by atoms with E-state index in [1.54, 1.807) is 19.1 Å². The van der Waals surface area contributed by atoms with E-state index in [4.69, 9.17) is 0 Å². The molecule has 0 N–H and O–H groups in total. The fourth-order valence-electron chi connectivity index (χ4n) is 1.18. The fraction of sp³-hybridized carbons (Fsp3) is 0.231. The van der Waals surface area contributed by atoms with E-state index in [9.17, 15) is 14.0 Å². The Balaban J connectivity index is 2.50. The number of halogens is 1. The van der Waals surface area contributed by atoms with E-state index in [1.807, 2.05) is 0 Å². The van der Waals surface area contributed by atoms with Crippen molar-refractivity contribution in [3.63, 3.8) is 0 Å². The van der Waals surface area contributed by atoms with Gasteiger partial charge >= 0.3 is 5.97 Å².